The minimum atomic E-state index is -0.153. The van der Waals surface area contributed by atoms with Crippen LogP contribution >= 0.6 is 0 Å². The lowest BCUT2D eigenvalue weighted by Crippen LogP contribution is -2.25. The Hall–Kier alpha value is -3.60. The number of benzene rings is 3. The van der Waals surface area contributed by atoms with Crippen LogP contribution in [-0.2, 0) is 6.54 Å². The molecule has 29 heavy (non-hydrogen) atoms. The van der Waals surface area contributed by atoms with E-state index in [9.17, 15) is 9.59 Å². The highest BCUT2D eigenvalue weighted by atomic mass is 16.2. The van der Waals surface area contributed by atoms with Crippen LogP contribution in [0.1, 0.15) is 39.1 Å². The summed E-state index contributed by atoms with van der Waals surface area (Å²) in [6.45, 7) is 0.392. The van der Waals surface area contributed by atoms with Gasteiger partial charge in [-0.3, -0.25) is 9.59 Å². The Morgan fingerprint density at radius 3 is 2.21 bits per heavy atom. The average Bonchev–Trinajstić information content (AvgIpc) is 3.57. The Morgan fingerprint density at radius 1 is 0.793 bits per heavy atom. The van der Waals surface area contributed by atoms with Crippen molar-refractivity contribution in [3.05, 3.63) is 95.6 Å². The fourth-order valence-corrected chi connectivity index (χ4v) is 3.02. The van der Waals surface area contributed by atoms with Crippen molar-refractivity contribution in [3.8, 4) is 0 Å². The summed E-state index contributed by atoms with van der Waals surface area (Å²) in [5, 5.41) is 9.21. The third-order valence-electron chi connectivity index (χ3n) is 4.81. The summed E-state index contributed by atoms with van der Waals surface area (Å²) in [5.74, 6) is -0.191. The molecule has 1 saturated carbocycles. The summed E-state index contributed by atoms with van der Waals surface area (Å²) in [5.41, 5.74) is 3.84. The summed E-state index contributed by atoms with van der Waals surface area (Å²) >= 11 is 0. The van der Waals surface area contributed by atoms with Crippen LogP contribution in [0.3, 0.4) is 0 Å². The van der Waals surface area contributed by atoms with Crippen molar-refractivity contribution < 1.29 is 9.59 Å². The minimum Gasteiger partial charge on any atom is -0.355 e. The molecule has 5 heteroatoms. The van der Waals surface area contributed by atoms with E-state index in [0.29, 0.717) is 23.7 Å². The van der Waals surface area contributed by atoms with Crippen LogP contribution in [0.5, 0.6) is 0 Å². The monoisotopic (exact) mass is 385 g/mol. The van der Waals surface area contributed by atoms with Crippen LogP contribution in [-0.4, -0.2) is 17.9 Å². The second-order valence-corrected chi connectivity index (χ2v) is 7.16. The van der Waals surface area contributed by atoms with E-state index in [1.807, 2.05) is 60.7 Å². The SMILES string of the molecule is O=C(NC1CC1)c1ccc(CNC(=O)c2ccccc2Nc2ccccc2)cc1. The second kappa shape index (κ2) is 8.61. The summed E-state index contributed by atoms with van der Waals surface area (Å²) < 4.78 is 0. The van der Waals surface area contributed by atoms with E-state index in [1.54, 1.807) is 18.2 Å². The van der Waals surface area contributed by atoms with Gasteiger partial charge in [-0.05, 0) is 54.8 Å². The second-order valence-electron chi connectivity index (χ2n) is 7.16. The zero-order valence-electron chi connectivity index (χ0n) is 16.0. The summed E-state index contributed by atoms with van der Waals surface area (Å²) in [7, 11) is 0. The van der Waals surface area contributed by atoms with Gasteiger partial charge in [0, 0.05) is 23.8 Å². The van der Waals surface area contributed by atoms with Gasteiger partial charge in [-0.1, -0.05) is 42.5 Å². The molecule has 0 aromatic heterocycles. The lowest BCUT2D eigenvalue weighted by Gasteiger charge is -2.12. The highest BCUT2D eigenvalue weighted by molar-refractivity contribution is 6.00. The van der Waals surface area contributed by atoms with Crippen LogP contribution in [0.25, 0.3) is 0 Å². The summed E-state index contributed by atoms with van der Waals surface area (Å²) in [6, 6.07) is 24.8. The molecule has 0 radical (unpaired) electrons. The van der Waals surface area contributed by atoms with Crippen LogP contribution in [0.4, 0.5) is 11.4 Å². The number of carbonyl (C=O) groups is 2. The predicted octanol–water partition coefficient (Wildman–Crippen LogP) is 4.25. The zero-order chi connectivity index (χ0) is 20.1. The zero-order valence-corrected chi connectivity index (χ0v) is 16.0. The predicted molar refractivity (Wildman–Crippen MR) is 114 cm³/mol. The molecule has 0 saturated heterocycles. The number of anilines is 2. The molecule has 0 heterocycles. The normalized spacial score (nSPS) is 12.8. The smallest absolute Gasteiger partial charge is 0.253 e. The molecule has 0 spiro atoms. The molecule has 3 aromatic carbocycles. The van der Waals surface area contributed by atoms with Gasteiger partial charge in [0.05, 0.1) is 11.3 Å². The first kappa shape index (κ1) is 18.7. The molecule has 3 N–H and O–H groups in total. The molecule has 4 rings (SSSR count). The Labute approximate surface area is 170 Å². The van der Waals surface area contributed by atoms with E-state index in [-0.39, 0.29) is 11.8 Å². The number of nitrogens with one attached hydrogen (secondary N) is 3. The van der Waals surface area contributed by atoms with Crippen molar-refractivity contribution in [2.24, 2.45) is 0 Å². The minimum absolute atomic E-state index is 0.0380. The molecule has 5 nitrogen and oxygen atoms in total. The number of hydrogen-bond donors (Lipinski definition) is 3. The quantitative estimate of drug-likeness (QED) is 0.569. The first-order chi connectivity index (χ1) is 14.2. The van der Waals surface area contributed by atoms with Gasteiger partial charge in [0.25, 0.3) is 11.8 Å². The number of rotatable bonds is 7. The fraction of sp³-hybridized carbons (Fsp3) is 0.167. The lowest BCUT2D eigenvalue weighted by atomic mass is 10.1. The lowest BCUT2D eigenvalue weighted by molar-refractivity contribution is 0.0942. The van der Waals surface area contributed by atoms with E-state index < -0.39 is 0 Å². The topological polar surface area (TPSA) is 70.2 Å². The molecule has 1 aliphatic carbocycles. The van der Waals surface area contributed by atoms with Crippen LogP contribution in [0, 0.1) is 0 Å². The standard InChI is InChI=1S/C24H23N3O2/c28-23(27-20-14-15-20)18-12-10-17(11-13-18)16-25-24(29)21-8-4-5-9-22(21)26-19-6-2-1-3-7-19/h1-13,20,26H,14-16H2,(H,25,29)(H,27,28). The van der Waals surface area contributed by atoms with E-state index in [4.69, 9.17) is 0 Å². The maximum absolute atomic E-state index is 12.7. The van der Waals surface area contributed by atoms with Crippen molar-refractivity contribution in [1.82, 2.24) is 10.6 Å². The van der Waals surface area contributed by atoms with Gasteiger partial charge in [0.1, 0.15) is 0 Å². The Bertz CT molecular complexity index is 996. The highest BCUT2D eigenvalue weighted by Gasteiger charge is 2.23. The molecular weight excluding hydrogens is 362 g/mol. The fourth-order valence-electron chi connectivity index (χ4n) is 3.02. The maximum atomic E-state index is 12.7. The molecular formula is C24H23N3O2. The van der Waals surface area contributed by atoms with Gasteiger partial charge in [0.2, 0.25) is 0 Å². The molecule has 3 aromatic rings. The summed E-state index contributed by atoms with van der Waals surface area (Å²) in [4.78, 5) is 24.8. The third-order valence-corrected chi connectivity index (χ3v) is 4.81. The first-order valence-electron chi connectivity index (χ1n) is 9.78. The van der Waals surface area contributed by atoms with Gasteiger partial charge in [-0.15, -0.1) is 0 Å². The van der Waals surface area contributed by atoms with Gasteiger partial charge in [-0.25, -0.2) is 0 Å². The van der Waals surface area contributed by atoms with Crippen LogP contribution in [0.2, 0.25) is 0 Å². The van der Waals surface area contributed by atoms with E-state index in [2.05, 4.69) is 16.0 Å². The van der Waals surface area contributed by atoms with Crippen molar-refractivity contribution in [2.75, 3.05) is 5.32 Å². The highest BCUT2D eigenvalue weighted by Crippen LogP contribution is 2.21. The number of carbonyl (C=O) groups excluding carboxylic acids is 2. The van der Waals surface area contributed by atoms with Gasteiger partial charge < -0.3 is 16.0 Å². The van der Waals surface area contributed by atoms with E-state index in [0.717, 1.165) is 29.8 Å². The molecule has 146 valence electrons. The largest absolute Gasteiger partial charge is 0.355 e. The summed E-state index contributed by atoms with van der Waals surface area (Å²) in [6.07, 6.45) is 2.13. The third kappa shape index (κ3) is 5.02. The average molecular weight is 385 g/mol. The van der Waals surface area contributed by atoms with Crippen molar-refractivity contribution in [2.45, 2.75) is 25.4 Å². The van der Waals surface area contributed by atoms with E-state index >= 15 is 0 Å². The Balaban J connectivity index is 1.38. The molecule has 0 unspecified atom stereocenters. The van der Waals surface area contributed by atoms with Crippen molar-refractivity contribution >= 4 is 23.2 Å². The number of para-hydroxylation sites is 2. The first-order valence-corrected chi connectivity index (χ1v) is 9.78. The van der Waals surface area contributed by atoms with Crippen LogP contribution in [0.15, 0.2) is 78.9 Å². The van der Waals surface area contributed by atoms with Crippen LogP contribution < -0.4 is 16.0 Å². The molecule has 0 atom stereocenters. The molecule has 1 aliphatic rings. The molecule has 2 amide bonds. The van der Waals surface area contributed by atoms with Gasteiger partial charge in [0.15, 0.2) is 0 Å². The van der Waals surface area contributed by atoms with E-state index in [1.165, 1.54) is 0 Å². The Kier molecular flexibility index (Phi) is 5.56. The number of amides is 2. The maximum Gasteiger partial charge on any atom is 0.253 e. The van der Waals surface area contributed by atoms with Crippen molar-refractivity contribution in [3.63, 3.8) is 0 Å². The van der Waals surface area contributed by atoms with Gasteiger partial charge >= 0.3 is 0 Å². The molecule has 0 aliphatic heterocycles. The molecule has 0 bridgehead atoms. The molecule has 1 fully saturated rings. The van der Waals surface area contributed by atoms with Gasteiger partial charge in [-0.2, -0.15) is 0 Å². The number of hydrogen-bond acceptors (Lipinski definition) is 3. The Morgan fingerprint density at radius 2 is 1.48 bits per heavy atom. The van der Waals surface area contributed by atoms with Crippen molar-refractivity contribution in [1.29, 1.82) is 0 Å².